The highest BCUT2D eigenvalue weighted by Gasteiger charge is 2.37. The number of methoxy groups -OCH3 is 2. The molecule has 3 rings (SSSR count). The van der Waals surface area contributed by atoms with E-state index in [4.69, 9.17) is 18.6 Å². The van der Waals surface area contributed by atoms with Crippen LogP contribution in [0.3, 0.4) is 0 Å². The predicted octanol–water partition coefficient (Wildman–Crippen LogP) is 2.54. The van der Waals surface area contributed by atoms with Gasteiger partial charge in [0.05, 0.1) is 37.0 Å². The molecular weight excluding hydrogens is 328 g/mol. The Hall–Kier alpha value is -2.67. The van der Waals surface area contributed by atoms with Crippen molar-refractivity contribution in [2.75, 3.05) is 20.8 Å². The number of aliphatic hydroxyl groups is 1. The first kappa shape index (κ1) is 17.2. The number of hydrogen-bond donors (Lipinski definition) is 1. The lowest BCUT2D eigenvalue weighted by molar-refractivity contribution is -0.134. The molecule has 25 heavy (non-hydrogen) atoms. The van der Waals surface area contributed by atoms with Gasteiger partial charge < -0.3 is 28.5 Å². The molecular formula is C18H20O7. The first-order valence-corrected chi connectivity index (χ1v) is 7.75. The molecule has 0 radical (unpaired) electrons. The standard InChI is InChI=1S/C18H20O7/c1-18(2,20)12-9-24-17-15-11(7-8-23-15)14(22-4)10(16(17)25-12)5-6-13(19)21-3/h5-8,12,20H,9H2,1-4H3/t12-/m0/s1. The van der Waals surface area contributed by atoms with E-state index in [9.17, 15) is 9.90 Å². The third-order valence-corrected chi connectivity index (χ3v) is 4.03. The zero-order chi connectivity index (χ0) is 18.2. The summed E-state index contributed by atoms with van der Waals surface area (Å²) in [6, 6.07) is 1.75. The quantitative estimate of drug-likeness (QED) is 0.671. The van der Waals surface area contributed by atoms with Gasteiger partial charge in [0.2, 0.25) is 5.75 Å². The van der Waals surface area contributed by atoms with E-state index in [2.05, 4.69) is 4.74 Å². The lowest BCUT2D eigenvalue weighted by Gasteiger charge is -2.34. The van der Waals surface area contributed by atoms with Crippen molar-refractivity contribution < 1.29 is 33.3 Å². The van der Waals surface area contributed by atoms with Crippen LogP contribution in [0.2, 0.25) is 0 Å². The first-order chi connectivity index (χ1) is 11.9. The average molecular weight is 348 g/mol. The highest BCUT2D eigenvalue weighted by molar-refractivity contribution is 5.98. The number of furan rings is 1. The summed E-state index contributed by atoms with van der Waals surface area (Å²) < 4.78 is 27.5. The molecule has 0 saturated carbocycles. The van der Waals surface area contributed by atoms with E-state index < -0.39 is 17.7 Å². The maximum absolute atomic E-state index is 11.5. The normalized spacial score (nSPS) is 17.1. The van der Waals surface area contributed by atoms with Gasteiger partial charge in [0, 0.05) is 6.08 Å². The molecule has 1 aliphatic rings. The lowest BCUT2D eigenvalue weighted by atomic mass is 10.0. The highest BCUT2D eigenvalue weighted by atomic mass is 16.6. The summed E-state index contributed by atoms with van der Waals surface area (Å²) >= 11 is 0. The largest absolute Gasteiger partial charge is 0.495 e. The van der Waals surface area contributed by atoms with Crippen LogP contribution in [0.4, 0.5) is 0 Å². The summed E-state index contributed by atoms with van der Waals surface area (Å²) in [5.74, 6) is 0.713. The lowest BCUT2D eigenvalue weighted by Crippen LogP contribution is -2.46. The van der Waals surface area contributed by atoms with Crippen LogP contribution in [0.25, 0.3) is 17.0 Å². The number of hydrogen-bond acceptors (Lipinski definition) is 7. The Kier molecular flexibility index (Phi) is 4.34. The summed E-state index contributed by atoms with van der Waals surface area (Å²) in [6.07, 6.45) is 3.72. The van der Waals surface area contributed by atoms with Gasteiger partial charge in [-0.25, -0.2) is 4.79 Å². The number of esters is 1. The molecule has 2 aromatic rings. The first-order valence-electron chi connectivity index (χ1n) is 7.75. The number of carbonyl (C=O) groups is 1. The van der Waals surface area contributed by atoms with Gasteiger partial charge in [-0.2, -0.15) is 0 Å². The molecule has 1 N–H and O–H groups in total. The smallest absolute Gasteiger partial charge is 0.330 e. The van der Waals surface area contributed by atoms with E-state index in [0.717, 1.165) is 0 Å². The molecule has 7 heteroatoms. The molecule has 2 heterocycles. The molecule has 7 nitrogen and oxygen atoms in total. The molecule has 1 aliphatic heterocycles. The molecule has 1 aromatic heterocycles. The van der Waals surface area contributed by atoms with E-state index in [0.29, 0.717) is 33.8 Å². The van der Waals surface area contributed by atoms with Gasteiger partial charge in [-0.15, -0.1) is 0 Å². The average Bonchev–Trinajstić information content (AvgIpc) is 3.07. The van der Waals surface area contributed by atoms with Gasteiger partial charge in [-0.1, -0.05) is 0 Å². The van der Waals surface area contributed by atoms with Crippen LogP contribution in [0.15, 0.2) is 22.8 Å². The topological polar surface area (TPSA) is 87.4 Å². The molecule has 0 bridgehead atoms. The summed E-state index contributed by atoms with van der Waals surface area (Å²) in [6.45, 7) is 3.44. The van der Waals surface area contributed by atoms with Crippen molar-refractivity contribution in [1.82, 2.24) is 0 Å². The Labute approximate surface area is 144 Å². The van der Waals surface area contributed by atoms with Crippen LogP contribution in [0.5, 0.6) is 17.2 Å². The molecule has 0 spiro atoms. The number of rotatable bonds is 4. The molecule has 0 fully saturated rings. The van der Waals surface area contributed by atoms with E-state index in [-0.39, 0.29) is 6.61 Å². The maximum Gasteiger partial charge on any atom is 0.330 e. The second kappa shape index (κ2) is 6.33. The van der Waals surface area contributed by atoms with Crippen molar-refractivity contribution in [3.8, 4) is 17.2 Å². The predicted molar refractivity (Wildman–Crippen MR) is 90.0 cm³/mol. The Bertz CT molecular complexity index is 826. The summed E-state index contributed by atoms with van der Waals surface area (Å²) in [5.41, 5.74) is -0.131. The van der Waals surface area contributed by atoms with Gasteiger partial charge in [-0.3, -0.25) is 0 Å². The van der Waals surface area contributed by atoms with E-state index >= 15 is 0 Å². The van der Waals surface area contributed by atoms with Crippen LogP contribution < -0.4 is 14.2 Å². The zero-order valence-electron chi connectivity index (χ0n) is 14.5. The van der Waals surface area contributed by atoms with Crippen molar-refractivity contribution >= 4 is 23.0 Å². The Morgan fingerprint density at radius 3 is 2.76 bits per heavy atom. The monoisotopic (exact) mass is 348 g/mol. The fourth-order valence-electron chi connectivity index (χ4n) is 2.66. The summed E-state index contributed by atoms with van der Waals surface area (Å²) in [4.78, 5) is 11.5. The highest BCUT2D eigenvalue weighted by Crippen LogP contribution is 2.49. The SMILES string of the molecule is COC(=O)C=Cc1c2c(c3occc3c1OC)OC[C@@H](C(C)(C)O)O2. The molecule has 0 amide bonds. The molecule has 1 aromatic carbocycles. The minimum absolute atomic E-state index is 0.165. The van der Waals surface area contributed by atoms with Crippen LogP contribution in [0, 0.1) is 0 Å². The number of fused-ring (bicyclic) bond motifs is 3. The van der Waals surface area contributed by atoms with E-state index in [1.54, 1.807) is 19.9 Å². The zero-order valence-corrected chi connectivity index (χ0v) is 14.5. The molecule has 0 unspecified atom stereocenters. The van der Waals surface area contributed by atoms with Crippen LogP contribution in [-0.4, -0.2) is 43.6 Å². The van der Waals surface area contributed by atoms with Crippen LogP contribution in [0.1, 0.15) is 19.4 Å². The summed E-state index contributed by atoms with van der Waals surface area (Å²) in [7, 11) is 2.81. The van der Waals surface area contributed by atoms with Crippen molar-refractivity contribution in [3.05, 3.63) is 24.0 Å². The van der Waals surface area contributed by atoms with Crippen molar-refractivity contribution in [2.45, 2.75) is 25.6 Å². The maximum atomic E-state index is 11.5. The fourth-order valence-corrected chi connectivity index (χ4v) is 2.66. The van der Waals surface area contributed by atoms with E-state index in [1.165, 1.54) is 32.6 Å². The van der Waals surface area contributed by atoms with Gasteiger partial charge in [0.25, 0.3) is 0 Å². The van der Waals surface area contributed by atoms with Gasteiger partial charge in [-0.05, 0) is 26.0 Å². The van der Waals surface area contributed by atoms with Crippen LogP contribution in [-0.2, 0) is 9.53 Å². The number of ether oxygens (including phenoxy) is 4. The Morgan fingerprint density at radius 1 is 1.36 bits per heavy atom. The molecule has 1 atom stereocenters. The molecule has 0 aliphatic carbocycles. The van der Waals surface area contributed by atoms with Crippen molar-refractivity contribution in [2.24, 2.45) is 0 Å². The van der Waals surface area contributed by atoms with Crippen LogP contribution >= 0.6 is 0 Å². The van der Waals surface area contributed by atoms with E-state index in [1.807, 2.05) is 0 Å². The van der Waals surface area contributed by atoms with Crippen molar-refractivity contribution in [3.63, 3.8) is 0 Å². The Morgan fingerprint density at radius 2 is 2.12 bits per heavy atom. The second-order valence-corrected chi connectivity index (χ2v) is 6.20. The number of benzene rings is 1. The van der Waals surface area contributed by atoms with Gasteiger partial charge in [0.15, 0.2) is 17.4 Å². The van der Waals surface area contributed by atoms with Crippen molar-refractivity contribution in [1.29, 1.82) is 0 Å². The second-order valence-electron chi connectivity index (χ2n) is 6.20. The molecule has 0 saturated heterocycles. The minimum atomic E-state index is -1.12. The number of carbonyl (C=O) groups excluding carboxylic acids is 1. The third-order valence-electron chi connectivity index (χ3n) is 4.03. The molecule has 134 valence electrons. The van der Waals surface area contributed by atoms with Gasteiger partial charge >= 0.3 is 5.97 Å². The summed E-state index contributed by atoms with van der Waals surface area (Å²) in [5, 5.41) is 11.0. The minimum Gasteiger partial charge on any atom is -0.495 e. The fraction of sp³-hybridized carbons (Fsp3) is 0.389. The Balaban J connectivity index is 2.21. The van der Waals surface area contributed by atoms with Gasteiger partial charge in [0.1, 0.15) is 12.4 Å². The third kappa shape index (κ3) is 3.02.